The van der Waals surface area contributed by atoms with Gasteiger partial charge in [0, 0.05) is 24.7 Å². The first-order valence-electron chi connectivity index (χ1n) is 13.7. The number of ether oxygens (including phenoxy) is 3. The molecule has 39 heavy (non-hydrogen) atoms. The minimum absolute atomic E-state index is 0.0849. The highest BCUT2D eigenvalue weighted by molar-refractivity contribution is 5.80. The molecule has 0 amide bonds. The molecule has 204 valence electrons. The molecule has 1 fully saturated rings. The van der Waals surface area contributed by atoms with Crippen molar-refractivity contribution in [1.29, 1.82) is 0 Å². The topological polar surface area (TPSA) is 107 Å². The van der Waals surface area contributed by atoms with Crippen LogP contribution in [0.15, 0.2) is 47.3 Å². The molecule has 1 atom stereocenters. The second-order valence-electron chi connectivity index (χ2n) is 10.4. The molecule has 2 aromatic heterocycles. The number of pyridine rings is 1. The van der Waals surface area contributed by atoms with Gasteiger partial charge in [0.05, 0.1) is 24.7 Å². The van der Waals surface area contributed by atoms with Crippen molar-refractivity contribution >= 4 is 10.9 Å². The lowest BCUT2D eigenvalue weighted by molar-refractivity contribution is 0.155. The van der Waals surface area contributed by atoms with Crippen molar-refractivity contribution in [2.75, 3.05) is 13.9 Å². The summed E-state index contributed by atoms with van der Waals surface area (Å²) in [4.78, 5) is 18.6. The van der Waals surface area contributed by atoms with Crippen LogP contribution < -0.4 is 19.8 Å². The summed E-state index contributed by atoms with van der Waals surface area (Å²) in [5, 5.41) is 14.0. The smallest absolute Gasteiger partial charge is 0.252 e. The number of aromatic amines is 1. The van der Waals surface area contributed by atoms with Crippen molar-refractivity contribution in [3.05, 3.63) is 69.8 Å². The van der Waals surface area contributed by atoms with E-state index in [1.807, 2.05) is 47.1 Å². The van der Waals surface area contributed by atoms with Gasteiger partial charge in [0.25, 0.3) is 5.56 Å². The molecule has 0 unspecified atom stereocenters. The van der Waals surface area contributed by atoms with Crippen LogP contribution in [0.4, 0.5) is 0 Å². The number of benzene rings is 2. The van der Waals surface area contributed by atoms with Gasteiger partial charge >= 0.3 is 0 Å². The van der Waals surface area contributed by atoms with Gasteiger partial charge in [0.15, 0.2) is 17.3 Å². The highest BCUT2D eigenvalue weighted by Gasteiger charge is 2.29. The molecule has 0 saturated heterocycles. The minimum atomic E-state index is -0.117. The number of tetrazole rings is 1. The molecule has 2 aromatic carbocycles. The zero-order chi connectivity index (χ0) is 26.8. The maximum Gasteiger partial charge on any atom is 0.252 e. The summed E-state index contributed by atoms with van der Waals surface area (Å²) in [5.41, 5.74) is 2.38. The van der Waals surface area contributed by atoms with Crippen LogP contribution in [0.1, 0.15) is 74.5 Å². The standard InChI is InChI=1S/C29H34N6O4/c1-3-25(28-31-32-33-35(28)22-7-5-4-6-8-22)34(16-19-9-12-26-27(13-19)39-18-38-26)17-21-14-20-10-11-23(37-2)15-24(20)30-29(21)36/h9-15,22,25H,3-8,16-18H2,1-2H3,(H,30,36)/t25-/m1/s1. The first-order valence-corrected chi connectivity index (χ1v) is 13.7. The number of hydrogen-bond acceptors (Lipinski definition) is 8. The van der Waals surface area contributed by atoms with Crippen molar-refractivity contribution in [3.8, 4) is 17.2 Å². The Morgan fingerprint density at radius 3 is 2.74 bits per heavy atom. The minimum Gasteiger partial charge on any atom is -0.497 e. The summed E-state index contributed by atoms with van der Waals surface area (Å²) in [6, 6.07) is 13.9. The lowest BCUT2D eigenvalue weighted by Gasteiger charge is -2.32. The quantitative estimate of drug-likeness (QED) is 0.325. The van der Waals surface area contributed by atoms with Crippen LogP contribution in [0.2, 0.25) is 0 Å². The lowest BCUT2D eigenvalue weighted by Crippen LogP contribution is -2.33. The highest BCUT2D eigenvalue weighted by atomic mass is 16.7. The van der Waals surface area contributed by atoms with Crippen LogP contribution >= 0.6 is 0 Å². The van der Waals surface area contributed by atoms with Crippen molar-refractivity contribution in [3.63, 3.8) is 0 Å². The Labute approximate surface area is 226 Å². The maximum absolute atomic E-state index is 13.3. The molecular weight excluding hydrogens is 496 g/mol. The molecule has 6 rings (SSSR count). The molecule has 10 heteroatoms. The van der Waals surface area contributed by atoms with E-state index in [9.17, 15) is 4.79 Å². The van der Waals surface area contributed by atoms with Crippen LogP contribution in [0.25, 0.3) is 10.9 Å². The number of fused-ring (bicyclic) bond motifs is 2. The van der Waals surface area contributed by atoms with Crippen molar-refractivity contribution < 1.29 is 14.2 Å². The number of rotatable bonds is 9. The number of aromatic nitrogens is 5. The molecule has 1 aliphatic heterocycles. The molecular formula is C29H34N6O4. The molecule has 0 bridgehead atoms. The number of nitrogens with zero attached hydrogens (tertiary/aromatic N) is 5. The Balaban J connectivity index is 1.37. The molecule has 1 saturated carbocycles. The number of hydrogen-bond donors (Lipinski definition) is 1. The number of methoxy groups -OCH3 is 1. The molecule has 0 radical (unpaired) electrons. The maximum atomic E-state index is 13.3. The van der Waals surface area contributed by atoms with E-state index in [0.717, 1.165) is 53.1 Å². The molecule has 1 N–H and O–H groups in total. The van der Waals surface area contributed by atoms with E-state index in [4.69, 9.17) is 14.2 Å². The lowest BCUT2D eigenvalue weighted by atomic mass is 9.95. The highest BCUT2D eigenvalue weighted by Crippen LogP contribution is 2.36. The largest absolute Gasteiger partial charge is 0.497 e. The van der Waals surface area contributed by atoms with Gasteiger partial charge in [-0.3, -0.25) is 9.69 Å². The van der Waals surface area contributed by atoms with E-state index in [2.05, 4.69) is 32.3 Å². The average Bonchev–Trinajstić information content (AvgIpc) is 3.64. The van der Waals surface area contributed by atoms with E-state index in [1.54, 1.807) is 7.11 Å². The monoisotopic (exact) mass is 530 g/mol. The second-order valence-corrected chi connectivity index (χ2v) is 10.4. The molecule has 1 aliphatic carbocycles. The fraction of sp³-hybridized carbons (Fsp3) is 0.448. The van der Waals surface area contributed by atoms with Crippen LogP contribution in [0, 0.1) is 0 Å². The van der Waals surface area contributed by atoms with Gasteiger partial charge in [-0.15, -0.1) is 5.10 Å². The third-order valence-corrected chi connectivity index (χ3v) is 7.89. The van der Waals surface area contributed by atoms with Gasteiger partial charge in [-0.1, -0.05) is 32.3 Å². The summed E-state index contributed by atoms with van der Waals surface area (Å²) < 4.78 is 18.5. The van der Waals surface area contributed by atoms with E-state index >= 15 is 0 Å². The fourth-order valence-corrected chi connectivity index (χ4v) is 5.85. The van der Waals surface area contributed by atoms with Crippen LogP contribution in [-0.2, 0) is 13.1 Å². The molecule has 3 heterocycles. The van der Waals surface area contributed by atoms with E-state index < -0.39 is 0 Å². The number of H-pyrrole nitrogens is 1. The molecule has 10 nitrogen and oxygen atoms in total. The Morgan fingerprint density at radius 2 is 1.92 bits per heavy atom. The summed E-state index contributed by atoms with van der Waals surface area (Å²) in [6.45, 7) is 3.40. The van der Waals surface area contributed by atoms with Crippen LogP contribution in [-0.4, -0.2) is 44.0 Å². The Bertz CT molecular complexity index is 1510. The summed E-state index contributed by atoms with van der Waals surface area (Å²) >= 11 is 0. The first-order chi connectivity index (χ1) is 19.1. The van der Waals surface area contributed by atoms with Gasteiger partial charge in [0.2, 0.25) is 6.79 Å². The summed E-state index contributed by atoms with van der Waals surface area (Å²) in [5.74, 6) is 3.05. The molecule has 2 aliphatic rings. The predicted molar refractivity (Wildman–Crippen MR) is 146 cm³/mol. The van der Waals surface area contributed by atoms with Crippen LogP contribution in [0.5, 0.6) is 17.2 Å². The predicted octanol–water partition coefficient (Wildman–Crippen LogP) is 4.91. The van der Waals surface area contributed by atoms with Crippen molar-refractivity contribution in [2.24, 2.45) is 0 Å². The molecule has 0 spiro atoms. The number of nitrogens with one attached hydrogen (secondary N) is 1. The van der Waals surface area contributed by atoms with E-state index in [0.29, 0.717) is 30.4 Å². The zero-order valence-corrected chi connectivity index (χ0v) is 22.4. The zero-order valence-electron chi connectivity index (χ0n) is 22.4. The van der Waals surface area contributed by atoms with Gasteiger partial charge in [-0.05, 0) is 71.0 Å². The SMILES string of the molecule is CC[C@H](c1nnnn1C1CCCCC1)N(Cc1ccc2c(c1)OCO2)Cc1cc2ccc(OC)cc2[nH]c1=O. The van der Waals surface area contributed by atoms with E-state index in [1.165, 1.54) is 19.3 Å². The van der Waals surface area contributed by atoms with Gasteiger partial charge in [-0.25, -0.2) is 4.68 Å². The molecule has 4 aromatic rings. The first kappa shape index (κ1) is 25.4. The third-order valence-electron chi connectivity index (χ3n) is 7.89. The van der Waals surface area contributed by atoms with E-state index in [-0.39, 0.29) is 18.4 Å². The Hall–Kier alpha value is -3.92. The normalized spacial score (nSPS) is 16.2. The fourth-order valence-electron chi connectivity index (χ4n) is 5.85. The Kier molecular flexibility index (Phi) is 7.19. The summed E-state index contributed by atoms with van der Waals surface area (Å²) in [7, 11) is 1.62. The summed E-state index contributed by atoms with van der Waals surface area (Å²) in [6.07, 6.45) is 6.62. The average molecular weight is 531 g/mol. The van der Waals surface area contributed by atoms with Gasteiger partial charge in [-0.2, -0.15) is 0 Å². The second kappa shape index (κ2) is 11.1. The van der Waals surface area contributed by atoms with Gasteiger partial charge in [0.1, 0.15) is 5.75 Å². The van der Waals surface area contributed by atoms with Crippen molar-refractivity contribution in [2.45, 2.75) is 70.6 Å². The Morgan fingerprint density at radius 1 is 1.08 bits per heavy atom. The third kappa shape index (κ3) is 5.21. The van der Waals surface area contributed by atoms with Crippen LogP contribution in [0.3, 0.4) is 0 Å². The van der Waals surface area contributed by atoms with Gasteiger partial charge < -0.3 is 19.2 Å². The van der Waals surface area contributed by atoms with Crippen molar-refractivity contribution in [1.82, 2.24) is 30.1 Å².